The molecule has 5 heteroatoms. The minimum absolute atomic E-state index is 0. The zero-order valence-corrected chi connectivity index (χ0v) is 12.9. The number of rotatable bonds is 4. The average Bonchev–Trinajstić information content (AvgIpc) is 3.10. The molecule has 106 valence electrons. The van der Waals surface area contributed by atoms with Gasteiger partial charge < -0.3 is 4.85 Å². The van der Waals surface area contributed by atoms with E-state index in [0.29, 0.717) is 0 Å². The van der Waals surface area contributed by atoms with E-state index in [2.05, 4.69) is 31.7 Å². The Morgan fingerprint density at radius 1 is 0.800 bits per heavy atom. The molecule has 1 aliphatic carbocycles. The van der Waals surface area contributed by atoms with Gasteiger partial charge in [-0.25, -0.2) is 6.57 Å². The van der Waals surface area contributed by atoms with E-state index < -0.39 is 0 Å². The van der Waals surface area contributed by atoms with Crippen molar-refractivity contribution < 1.29 is 32.5 Å². The summed E-state index contributed by atoms with van der Waals surface area (Å²) >= 11 is 0. The molecule has 0 bridgehead atoms. The molecule has 0 spiro atoms. The first kappa shape index (κ1) is 31.3. The van der Waals surface area contributed by atoms with Gasteiger partial charge in [-0.1, -0.05) is 44.1 Å². The topological polar surface area (TPSA) is 64.1 Å². The van der Waals surface area contributed by atoms with Crippen LogP contribution in [-0.4, -0.2) is 6.54 Å². The Balaban J connectivity index is -0.0000000542. The minimum Gasteiger partial charge on any atom is -0.0767 e. The minimum atomic E-state index is 0. The van der Waals surface area contributed by atoms with Crippen molar-refractivity contribution in [2.45, 2.75) is 32.6 Å². The Morgan fingerprint density at radius 3 is 1.50 bits per heavy atom. The summed E-state index contributed by atoms with van der Waals surface area (Å²) in [6, 6.07) is 0. The monoisotopic (exact) mass is 311 g/mol. The summed E-state index contributed by atoms with van der Waals surface area (Å²) in [5.41, 5.74) is 0. The van der Waals surface area contributed by atoms with E-state index in [4.69, 9.17) is 20.5 Å². The van der Waals surface area contributed by atoms with Crippen LogP contribution in [0.25, 0.3) is 4.85 Å². The predicted octanol–water partition coefficient (Wildman–Crippen LogP) is 3.69. The molecule has 0 heterocycles. The molecule has 1 rings (SSSR count). The first-order valence-electron chi connectivity index (χ1n) is 5.53. The van der Waals surface area contributed by atoms with Crippen molar-refractivity contribution in [2.24, 2.45) is 0 Å². The molecule has 0 fully saturated rings. The van der Waals surface area contributed by atoms with Gasteiger partial charge in [0.2, 0.25) is 6.54 Å². The van der Waals surface area contributed by atoms with E-state index in [0.717, 1.165) is 13.0 Å². The van der Waals surface area contributed by atoms with Gasteiger partial charge in [-0.05, 0) is 6.42 Å². The van der Waals surface area contributed by atoms with Crippen LogP contribution in [0.1, 0.15) is 32.6 Å². The maximum atomic E-state index is 7.50. The van der Waals surface area contributed by atoms with Gasteiger partial charge in [-0.2, -0.15) is 0 Å². The van der Waals surface area contributed by atoms with Crippen molar-refractivity contribution in [2.75, 3.05) is 6.54 Å². The summed E-state index contributed by atoms with van der Waals surface area (Å²) in [4.78, 5) is 3.26. The van der Waals surface area contributed by atoms with Crippen LogP contribution in [0.5, 0.6) is 0 Å². The Morgan fingerprint density at radius 2 is 1.25 bits per heavy atom. The second kappa shape index (κ2) is 52.3. The molecule has 0 N–H and O–H groups in total. The zero-order chi connectivity index (χ0) is 15.8. The van der Waals surface area contributed by atoms with Gasteiger partial charge in [-0.15, -0.1) is 0 Å². The molecule has 1 aliphatic rings. The first-order valence-corrected chi connectivity index (χ1v) is 5.53. The van der Waals surface area contributed by atoms with E-state index in [9.17, 15) is 0 Å². The Hall–Kier alpha value is -1.23. The van der Waals surface area contributed by atoms with Crippen LogP contribution in [-0.2, 0) is 32.5 Å². The Bertz CT molecular complexity index is 274. The van der Waals surface area contributed by atoms with E-state index in [1.807, 2.05) is 30.7 Å². The largest absolute Gasteiger partial charge is 0.0767 e. The summed E-state index contributed by atoms with van der Waals surface area (Å²) < 4.78 is 22.5. The van der Waals surface area contributed by atoms with Crippen LogP contribution < -0.4 is 0 Å². The SMILES string of the molecule is [C-]#[N+]CCCCCC.[C-]#[O+].[C-]#[O+].[C-]#[O+].[CH]1C=CC=C1.[V]. The number of nitrogens with zero attached hydrogens (tertiary/aromatic N) is 1. The molecule has 0 atom stereocenters. The van der Waals surface area contributed by atoms with Gasteiger partial charge >= 0.3 is 33.9 Å². The molecule has 0 saturated heterocycles. The van der Waals surface area contributed by atoms with Crippen LogP contribution in [0.15, 0.2) is 24.3 Å². The van der Waals surface area contributed by atoms with Gasteiger partial charge in [0, 0.05) is 31.4 Å². The molecule has 0 unspecified atom stereocenters. The number of hydrogen-bond acceptors (Lipinski definition) is 0. The van der Waals surface area contributed by atoms with E-state index in [1.165, 1.54) is 19.3 Å². The van der Waals surface area contributed by atoms with E-state index >= 15 is 0 Å². The number of allylic oxidation sites excluding steroid dienone is 4. The maximum absolute atomic E-state index is 7.50. The predicted molar refractivity (Wildman–Crippen MR) is 70.0 cm³/mol. The molecule has 20 heavy (non-hydrogen) atoms. The van der Waals surface area contributed by atoms with Crippen LogP contribution in [0, 0.1) is 32.9 Å². The quantitative estimate of drug-likeness (QED) is 0.432. The van der Waals surface area contributed by atoms with Crippen LogP contribution in [0.4, 0.5) is 0 Å². The third kappa shape index (κ3) is 54.2. The average molecular weight is 311 g/mol. The fraction of sp³-hybridized carbons (Fsp3) is 0.400. The fourth-order valence-corrected chi connectivity index (χ4v) is 0.938. The van der Waals surface area contributed by atoms with Crippen molar-refractivity contribution in [1.82, 2.24) is 0 Å². The normalized spacial score (nSPS) is 8.10. The summed E-state index contributed by atoms with van der Waals surface area (Å²) in [6.45, 7) is 22.9. The number of hydrogen-bond donors (Lipinski definition) is 0. The third-order valence-corrected chi connectivity index (χ3v) is 1.68. The van der Waals surface area contributed by atoms with Crippen LogP contribution >= 0.6 is 0 Å². The number of unbranched alkanes of at least 4 members (excludes halogenated alkanes) is 3. The van der Waals surface area contributed by atoms with Gasteiger partial charge in [0.05, 0.1) is 0 Å². The molecule has 0 aliphatic heterocycles. The van der Waals surface area contributed by atoms with Crippen molar-refractivity contribution >= 4 is 0 Å². The van der Waals surface area contributed by atoms with E-state index in [-0.39, 0.29) is 18.6 Å². The molecule has 0 amide bonds. The van der Waals surface area contributed by atoms with Gasteiger partial charge in [-0.3, -0.25) is 0 Å². The van der Waals surface area contributed by atoms with Crippen molar-refractivity contribution in [3.63, 3.8) is 0 Å². The van der Waals surface area contributed by atoms with E-state index in [1.54, 1.807) is 0 Å². The smallest absolute Gasteiger partial charge is 0.00506 e. The zero-order valence-electron chi connectivity index (χ0n) is 11.5. The third-order valence-electron chi connectivity index (χ3n) is 1.68. The molecule has 0 aromatic rings. The van der Waals surface area contributed by atoms with Crippen molar-refractivity contribution in [1.29, 1.82) is 0 Å². The van der Waals surface area contributed by atoms with Gasteiger partial charge in [0.15, 0.2) is 0 Å². The molecular formula is C15H18NO3V. The van der Waals surface area contributed by atoms with Crippen molar-refractivity contribution in [3.8, 4) is 0 Å². The maximum Gasteiger partial charge on any atom is 0.00506 e. The molecular weight excluding hydrogens is 293 g/mol. The summed E-state index contributed by atoms with van der Waals surface area (Å²) in [5, 5.41) is 0. The molecule has 2 radical (unpaired) electrons. The molecule has 0 aromatic carbocycles. The molecule has 4 nitrogen and oxygen atoms in total. The Kier molecular flexibility index (Phi) is 81.8. The molecule has 0 aromatic heterocycles. The van der Waals surface area contributed by atoms with Gasteiger partial charge in [0.1, 0.15) is 0 Å². The summed E-state index contributed by atoms with van der Waals surface area (Å²) in [5.74, 6) is 0. The molecule has 0 saturated carbocycles. The second-order valence-electron chi connectivity index (χ2n) is 2.90. The second-order valence-corrected chi connectivity index (χ2v) is 2.90. The first-order chi connectivity index (χ1) is 9.41. The summed E-state index contributed by atoms with van der Waals surface area (Å²) in [6.07, 6.45) is 14.9. The standard InChI is InChI=1S/C7H13N.C5H5.3CO.V/c1-3-4-5-6-7-8-2;1-2-4-5-3-1;3*1-2;/h3-7H2,1H3;1-5H;;;;. The Labute approximate surface area is 134 Å². The van der Waals surface area contributed by atoms with Crippen LogP contribution in [0.2, 0.25) is 0 Å². The fourth-order valence-electron chi connectivity index (χ4n) is 0.938. The van der Waals surface area contributed by atoms with Gasteiger partial charge in [0.25, 0.3) is 0 Å². The summed E-state index contributed by atoms with van der Waals surface area (Å²) in [7, 11) is 0. The van der Waals surface area contributed by atoms with Crippen molar-refractivity contribution in [3.05, 3.63) is 62.1 Å². The van der Waals surface area contributed by atoms with Crippen LogP contribution in [0.3, 0.4) is 0 Å².